The van der Waals surface area contributed by atoms with Crippen LogP contribution in [0.2, 0.25) is 0 Å². The van der Waals surface area contributed by atoms with E-state index in [4.69, 9.17) is 5.11 Å². The summed E-state index contributed by atoms with van der Waals surface area (Å²) < 4.78 is 3.90. The van der Waals surface area contributed by atoms with Crippen LogP contribution in [0.15, 0.2) is 6.33 Å². The SMILES string of the molecule is CC1CN(c2ncns2)CC1C(=O)O. The molecule has 1 N–H and O–H groups in total. The van der Waals surface area contributed by atoms with Crippen LogP contribution in [0.4, 0.5) is 5.13 Å². The van der Waals surface area contributed by atoms with Gasteiger partial charge in [0.2, 0.25) is 5.13 Å². The molecule has 0 bridgehead atoms. The molecule has 0 aliphatic carbocycles. The molecule has 1 aliphatic rings. The van der Waals surface area contributed by atoms with Crippen molar-refractivity contribution in [3.8, 4) is 0 Å². The van der Waals surface area contributed by atoms with Crippen molar-refractivity contribution in [3.63, 3.8) is 0 Å². The summed E-state index contributed by atoms with van der Waals surface area (Å²) in [4.78, 5) is 16.9. The summed E-state index contributed by atoms with van der Waals surface area (Å²) in [6.07, 6.45) is 1.50. The van der Waals surface area contributed by atoms with Gasteiger partial charge in [0.05, 0.1) is 5.92 Å². The van der Waals surface area contributed by atoms with Crippen LogP contribution in [-0.2, 0) is 4.79 Å². The van der Waals surface area contributed by atoms with Crippen LogP contribution >= 0.6 is 11.5 Å². The molecule has 0 amide bonds. The predicted molar refractivity (Wildman–Crippen MR) is 52.4 cm³/mol. The molecule has 2 unspecified atom stereocenters. The third-order valence-electron chi connectivity index (χ3n) is 2.55. The van der Waals surface area contributed by atoms with Crippen molar-refractivity contribution < 1.29 is 9.90 Å². The van der Waals surface area contributed by atoms with Gasteiger partial charge in [-0.25, -0.2) is 4.98 Å². The molecule has 0 radical (unpaired) electrons. The maximum Gasteiger partial charge on any atom is 0.308 e. The van der Waals surface area contributed by atoms with E-state index in [0.29, 0.717) is 6.54 Å². The summed E-state index contributed by atoms with van der Waals surface area (Å²) in [7, 11) is 0. The van der Waals surface area contributed by atoms with E-state index in [1.54, 1.807) is 0 Å². The molecule has 1 aliphatic heterocycles. The van der Waals surface area contributed by atoms with Gasteiger partial charge in [-0.1, -0.05) is 6.92 Å². The predicted octanol–water partition coefficient (Wildman–Crippen LogP) is 0.695. The third-order valence-corrected chi connectivity index (χ3v) is 3.28. The molecular weight excluding hydrogens is 202 g/mol. The third kappa shape index (κ3) is 1.57. The Hall–Kier alpha value is -1.17. The molecule has 2 heterocycles. The van der Waals surface area contributed by atoms with E-state index in [9.17, 15) is 4.79 Å². The number of aliphatic carboxylic acids is 1. The van der Waals surface area contributed by atoms with Crippen molar-refractivity contribution in [1.29, 1.82) is 0 Å². The Morgan fingerprint density at radius 1 is 1.71 bits per heavy atom. The fraction of sp³-hybridized carbons (Fsp3) is 0.625. The number of carbonyl (C=O) groups is 1. The Morgan fingerprint density at radius 2 is 2.50 bits per heavy atom. The Labute approximate surface area is 85.6 Å². The monoisotopic (exact) mass is 213 g/mol. The number of aromatic nitrogens is 2. The topological polar surface area (TPSA) is 66.3 Å². The van der Waals surface area contributed by atoms with Crippen LogP contribution in [0.1, 0.15) is 6.92 Å². The minimum Gasteiger partial charge on any atom is -0.481 e. The van der Waals surface area contributed by atoms with E-state index >= 15 is 0 Å². The van der Waals surface area contributed by atoms with Gasteiger partial charge in [0.1, 0.15) is 6.33 Å². The van der Waals surface area contributed by atoms with Crippen LogP contribution in [0.25, 0.3) is 0 Å². The fourth-order valence-corrected chi connectivity index (χ4v) is 2.30. The summed E-state index contributed by atoms with van der Waals surface area (Å²) in [6, 6.07) is 0. The van der Waals surface area contributed by atoms with Gasteiger partial charge >= 0.3 is 5.97 Å². The highest BCUT2D eigenvalue weighted by Gasteiger charge is 2.35. The highest BCUT2D eigenvalue weighted by Crippen LogP contribution is 2.28. The average Bonchev–Trinajstić information content (AvgIpc) is 2.70. The Bertz CT molecular complexity index is 327. The summed E-state index contributed by atoms with van der Waals surface area (Å²) in [5.41, 5.74) is 0. The van der Waals surface area contributed by atoms with Crippen molar-refractivity contribution in [2.24, 2.45) is 11.8 Å². The Kier molecular flexibility index (Phi) is 2.37. The van der Waals surface area contributed by atoms with Crippen LogP contribution in [0.3, 0.4) is 0 Å². The lowest BCUT2D eigenvalue weighted by atomic mass is 9.99. The fourth-order valence-electron chi connectivity index (χ4n) is 1.75. The van der Waals surface area contributed by atoms with Crippen molar-refractivity contribution in [1.82, 2.24) is 9.36 Å². The number of nitrogens with zero attached hydrogens (tertiary/aromatic N) is 3. The first kappa shape index (κ1) is 9.39. The van der Waals surface area contributed by atoms with Gasteiger partial charge in [-0.05, 0) is 5.92 Å². The molecule has 0 saturated carbocycles. The second kappa shape index (κ2) is 3.53. The summed E-state index contributed by atoms with van der Waals surface area (Å²) >= 11 is 1.31. The van der Waals surface area contributed by atoms with Crippen molar-refractivity contribution >= 4 is 22.6 Å². The average molecular weight is 213 g/mol. The first-order valence-corrected chi connectivity index (χ1v) is 5.20. The molecule has 1 saturated heterocycles. The molecule has 0 aromatic carbocycles. The molecule has 6 heteroatoms. The zero-order valence-corrected chi connectivity index (χ0v) is 8.57. The maximum atomic E-state index is 10.9. The van der Waals surface area contributed by atoms with Gasteiger partial charge in [-0.3, -0.25) is 4.79 Å². The van der Waals surface area contributed by atoms with Crippen LogP contribution in [0, 0.1) is 11.8 Å². The first-order chi connectivity index (χ1) is 6.68. The number of hydrogen-bond acceptors (Lipinski definition) is 5. The van der Waals surface area contributed by atoms with Gasteiger partial charge < -0.3 is 10.0 Å². The van der Waals surface area contributed by atoms with Crippen molar-refractivity contribution in [3.05, 3.63) is 6.33 Å². The zero-order valence-electron chi connectivity index (χ0n) is 7.75. The van der Waals surface area contributed by atoms with Gasteiger partial charge in [0.15, 0.2) is 0 Å². The quantitative estimate of drug-likeness (QED) is 0.783. The largest absolute Gasteiger partial charge is 0.481 e. The number of rotatable bonds is 2. The van der Waals surface area contributed by atoms with Gasteiger partial charge in [-0.15, -0.1) is 0 Å². The molecule has 14 heavy (non-hydrogen) atoms. The standard InChI is InChI=1S/C8H11N3O2S/c1-5-2-11(3-6(5)7(12)13)8-9-4-10-14-8/h4-6H,2-3H2,1H3,(H,12,13). The molecule has 1 fully saturated rings. The molecule has 1 aromatic heterocycles. The van der Waals surface area contributed by atoms with Crippen LogP contribution < -0.4 is 4.90 Å². The number of hydrogen-bond donors (Lipinski definition) is 1. The summed E-state index contributed by atoms with van der Waals surface area (Å²) in [5.74, 6) is -0.820. The zero-order chi connectivity index (χ0) is 10.1. The number of carboxylic acids is 1. The molecule has 2 atom stereocenters. The molecular formula is C8H11N3O2S. The highest BCUT2D eigenvalue weighted by molar-refractivity contribution is 7.09. The molecule has 2 rings (SSSR count). The van der Waals surface area contributed by atoms with Crippen molar-refractivity contribution in [2.75, 3.05) is 18.0 Å². The van der Waals surface area contributed by atoms with E-state index in [1.807, 2.05) is 11.8 Å². The van der Waals surface area contributed by atoms with Crippen LogP contribution in [-0.4, -0.2) is 33.5 Å². The smallest absolute Gasteiger partial charge is 0.308 e. The lowest BCUT2D eigenvalue weighted by Gasteiger charge is -2.12. The minimum atomic E-state index is -0.718. The maximum absolute atomic E-state index is 10.9. The molecule has 0 spiro atoms. The lowest BCUT2D eigenvalue weighted by Crippen LogP contribution is -2.22. The van der Waals surface area contributed by atoms with E-state index in [0.717, 1.165) is 11.7 Å². The van der Waals surface area contributed by atoms with Gasteiger partial charge in [-0.2, -0.15) is 4.37 Å². The minimum absolute atomic E-state index is 0.177. The summed E-state index contributed by atoms with van der Waals surface area (Å²) in [5, 5.41) is 9.76. The van der Waals surface area contributed by atoms with E-state index in [2.05, 4.69) is 9.36 Å². The van der Waals surface area contributed by atoms with E-state index < -0.39 is 5.97 Å². The normalized spacial score (nSPS) is 26.8. The highest BCUT2D eigenvalue weighted by atomic mass is 32.1. The number of anilines is 1. The Balaban J connectivity index is 2.10. The lowest BCUT2D eigenvalue weighted by molar-refractivity contribution is -0.142. The van der Waals surface area contributed by atoms with E-state index in [-0.39, 0.29) is 11.8 Å². The van der Waals surface area contributed by atoms with E-state index in [1.165, 1.54) is 17.9 Å². The molecule has 1 aromatic rings. The summed E-state index contributed by atoms with van der Waals surface area (Å²) in [6.45, 7) is 3.26. The van der Waals surface area contributed by atoms with Gasteiger partial charge in [0.25, 0.3) is 0 Å². The second-order valence-corrected chi connectivity index (χ2v) is 4.31. The number of carboxylic acid groups (broad SMARTS) is 1. The second-order valence-electron chi connectivity index (χ2n) is 3.55. The Morgan fingerprint density at radius 3 is 3.00 bits per heavy atom. The van der Waals surface area contributed by atoms with Gasteiger partial charge in [0, 0.05) is 24.6 Å². The molecule has 5 nitrogen and oxygen atoms in total. The first-order valence-electron chi connectivity index (χ1n) is 4.43. The van der Waals surface area contributed by atoms with Crippen LogP contribution in [0.5, 0.6) is 0 Å². The van der Waals surface area contributed by atoms with Crippen molar-refractivity contribution in [2.45, 2.75) is 6.92 Å². The molecule has 76 valence electrons.